The third kappa shape index (κ3) is 4.82. The number of Topliss-reactive ketones (excluding diaryl/α,β-unsaturated/α-hetero) is 1. The Morgan fingerprint density at radius 2 is 1.68 bits per heavy atom. The molecule has 0 radical (unpaired) electrons. The summed E-state index contributed by atoms with van der Waals surface area (Å²) >= 11 is 0. The number of aromatic nitrogens is 1. The highest BCUT2D eigenvalue weighted by atomic mass is 16.1. The number of amides is 1. The molecule has 0 saturated heterocycles. The van der Waals surface area contributed by atoms with Crippen molar-refractivity contribution in [2.45, 2.75) is 20.4 Å². The van der Waals surface area contributed by atoms with Crippen LogP contribution in [0.4, 0.5) is 11.4 Å². The van der Waals surface area contributed by atoms with E-state index in [1.54, 1.807) is 36.7 Å². The number of carbonyl (C=O) groups excluding carboxylic acids is 2. The summed E-state index contributed by atoms with van der Waals surface area (Å²) in [5.41, 5.74) is 3.83. The first-order valence-corrected chi connectivity index (χ1v) is 9.23. The van der Waals surface area contributed by atoms with Crippen LogP contribution in [-0.2, 0) is 6.54 Å². The molecule has 0 fully saturated rings. The topological polar surface area (TPSA) is 62.3 Å². The largest absolute Gasteiger partial charge is 0.366 e. The van der Waals surface area contributed by atoms with Crippen LogP contribution in [0.5, 0.6) is 0 Å². The van der Waals surface area contributed by atoms with Crippen molar-refractivity contribution >= 4 is 23.1 Å². The molecule has 0 aliphatic rings. The smallest absolute Gasteiger partial charge is 0.257 e. The van der Waals surface area contributed by atoms with E-state index in [-0.39, 0.29) is 11.7 Å². The normalized spacial score (nSPS) is 10.4. The Hall–Kier alpha value is -3.47. The van der Waals surface area contributed by atoms with Crippen molar-refractivity contribution in [3.8, 4) is 0 Å². The van der Waals surface area contributed by atoms with E-state index in [9.17, 15) is 9.59 Å². The number of pyridine rings is 1. The molecule has 5 nitrogen and oxygen atoms in total. The quantitative estimate of drug-likeness (QED) is 0.617. The molecule has 0 aliphatic carbocycles. The van der Waals surface area contributed by atoms with Gasteiger partial charge in [-0.05, 0) is 49.7 Å². The molecule has 5 heteroatoms. The summed E-state index contributed by atoms with van der Waals surface area (Å²) in [5, 5.41) is 2.85. The Kier molecular flexibility index (Phi) is 6.17. The maximum absolute atomic E-state index is 12.6. The van der Waals surface area contributed by atoms with E-state index in [4.69, 9.17) is 0 Å². The second kappa shape index (κ2) is 8.95. The molecule has 1 N–H and O–H groups in total. The zero-order chi connectivity index (χ0) is 19.9. The molecule has 142 valence electrons. The van der Waals surface area contributed by atoms with Gasteiger partial charge in [0.25, 0.3) is 5.91 Å². The van der Waals surface area contributed by atoms with E-state index >= 15 is 0 Å². The number of hydrogen-bond acceptors (Lipinski definition) is 4. The van der Waals surface area contributed by atoms with Crippen molar-refractivity contribution in [1.29, 1.82) is 0 Å². The Balaban J connectivity index is 1.74. The molecule has 0 saturated carbocycles. The number of ketones is 1. The Morgan fingerprint density at radius 3 is 2.32 bits per heavy atom. The third-order valence-corrected chi connectivity index (χ3v) is 4.50. The van der Waals surface area contributed by atoms with Gasteiger partial charge >= 0.3 is 0 Å². The summed E-state index contributed by atoms with van der Waals surface area (Å²) in [7, 11) is 0. The van der Waals surface area contributed by atoms with E-state index in [1.807, 2.05) is 24.3 Å². The number of hydrogen-bond donors (Lipinski definition) is 1. The zero-order valence-electron chi connectivity index (χ0n) is 16.1. The SMILES string of the molecule is CCN(Cc1ccccc1)c1cncc(C(=O)Nc2ccc(C(C)=O)cc2)c1. The molecule has 3 rings (SSSR count). The van der Waals surface area contributed by atoms with E-state index in [2.05, 4.69) is 34.3 Å². The van der Waals surface area contributed by atoms with Crippen LogP contribution >= 0.6 is 0 Å². The highest BCUT2D eigenvalue weighted by Gasteiger charge is 2.11. The molecule has 0 bridgehead atoms. The number of nitrogens with one attached hydrogen (secondary N) is 1. The molecule has 0 spiro atoms. The van der Waals surface area contributed by atoms with Crippen molar-refractivity contribution < 1.29 is 9.59 Å². The van der Waals surface area contributed by atoms with Crippen molar-refractivity contribution in [2.24, 2.45) is 0 Å². The Bertz CT molecular complexity index is 953. The molecule has 0 atom stereocenters. The predicted molar refractivity (Wildman–Crippen MR) is 112 cm³/mol. The first kappa shape index (κ1) is 19.3. The monoisotopic (exact) mass is 373 g/mol. The lowest BCUT2D eigenvalue weighted by Gasteiger charge is -2.23. The van der Waals surface area contributed by atoms with E-state index in [0.717, 1.165) is 18.8 Å². The molecule has 1 heterocycles. The van der Waals surface area contributed by atoms with Crippen LogP contribution in [0.2, 0.25) is 0 Å². The number of anilines is 2. The summed E-state index contributed by atoms with van der Waals surface area (Å²) in [6.45, 7) is 5.14. The Morgan fingerprint density at radius 1 is 0.964 bits per heavy atom. The Labute approximate surface area is 165 Å². The van der Waals surface area contributed by atoms with Crippen LogP contribution in [-0.4, -0.2) is 23.2 Å². The van der Waals surface area contributed by atoms with E-state index in [1.165, 1.54) is 12.5 Å². The first-order valence-electron chi connectivity index (χ1n) is 9.23. The van der Waals surface area contributed by atoms with Crippen molar-refractivity contribution in [1.82, 2.24) is 4.98 Å². The molecular formula is C23H23N3O2. The van der Waals surface area contributed by atoms with Gasteiger partial charge in [-0.2, -0.15) is 0 Å². The molecule has 1 aromatic heterocycles. The van der Waals surface area contributed by atoms with Gasteiger partial charge in [-0.25, -0.2) is 0 Å². The fourth-order valence-corrected chi connectivity index (χ4v) is 2.91. The van der Waals surface area contributed by atoms with Crippen molar-refractivity contribution in [3.05, 3.63) is 89.7 Å². The predicted octanol–water partition coefficient (Wildman–Crippen LogP) is 4.56. The minimum absolute atomic E-state index is 0.00662. The average molecular weight is 373 g/mol. The maximum Gasteiger partial charge on any atom is 0.257 e. The fraction of sp³-hybridized carbons (Fsp3) is 0.174. The van der Waals surface area contributed by atoms with Gasteiger partial charge in [0.05, 0.1) is 17.4 Å². The second-order valence-corrected chi connectivity index (χ2v) is 6.52. The van der Waals surface area contributed by atoms with Gasteiger partial charge in [0.1, 0.15) is 0 Å². The van der Waals surface area contributed by atoms with E-state index < -0.39 is 0 Å². The molecule has 0 aliphatic heterocycles. The van der Waals surface area contributed by atoms with E-state index in [0.29, 0.717) is 16.8 Å². The zero-order valence-corrected chi connectivity index (χ0v) is 16.1. The molecule has 1 amide bonds. The molecule has 28 heavy (non-hydrogen) atoms. The van der Waals surface area contributed by atoms with Gasteiger partial charge in [-0.1, -0.05) is 30.3 Å². The summed E-state index contributed by atoms with van der Waals surface area (Å²) in [6, 6.07) is 18.9. The highest BCUT2D eigenvalue weighted by molar-refractivity contribution is 6.04. The third-order valence-electron chi connectivity index (χ3n) is 4.50. The van der Waals surface area contributed by atoms with Crippen LogP contribution < -0.4 is 10.2 Å². The second-order valence-electron chi connectivity index (χ2n) is 6.52. The molecule has 2 aromatic carbocycles. The molecule has 0 unspecified atom stereocenters. The minimum atomic E-state index is -0.235. The van der Waals surface area contributed by atoms with Crippen LogP contribution in [0.1, 0.15) is 40.1 Å². The summed E-state index contributed by atoms with van der Waals surface area (Å²) in [5.74, 6) is -0.242. The van der Waals surface area contributed by atoms with Gasteiger partial charge in [-0.3, -0.25) is 14.6 Å². The van der Waals surface area contributed by atoms with Gasteiger partial charge < -0.3 is 10.2 Å². The lowest BCUT2D eigenvalue weighted by molar-refractivity contribution is 0.101. The maximum atomic E-state index is 12.6. The summed E-state index contributed by atoms with van der Waals surface area (Å²) in [6.07, 6.45) is 3.32. The van der Waals surface area contributed by atoms with Gasteiger partial charge in [-0.15, -0.1) is 0 Å². The number of rotatable bonds is 7. The lowest BCUT2D eigenvalue weighted by Crippen LogP contribution is -2.23. The van der Waals surface area contributed by atoms with Crippen molar-refractivity contribution in [2.75, 3.05) is 16.8 Å². The first-order chi connectivity index (χ1) is 13.6. The summed E-state index contributed by atoms with van der Waals surface area (Å²) < 4.78 is 0. The minimum Gasteiger partial charge on any atom is -0.366 e. The van der Waals surface area contributed by atoms with Gasteiger partial charge in [0, 0.05) is 30.5 Å². The van der Waals surface area contributed by atoms with Crippen LogP contribution in [0.25, 0.3) is 0 Å². The van der Waals surface area contributed by atoms with Crippen LogP contribution in [0, 0.1) is 0 Å². The van der Waals surface area contributed by atoms with Gasteiger partial charge in [0.15, 0.2) is 5.78 Å². The molecule has 3 aromatic rings. The lowest BCUT2D eigenvalue weighted by atomic mass is 10.1. The average Bonchev–Trinajstić information content (AvgIpc) is 2.73. The molecular weight excluding hydrogens is 350 g/mol. The number of nitrogens with zero attached hydrogens (tertiary/aromatic N) is 2. The summed E-state index contributed by atoms with van der Waals surface area (Å²) in [4.78, 5) is 30.4. The standard InChI is InChI=1S/C23H23N3O2/c1-3-26(16-18-7-5-4-6-8-18)22-13-20(14-24-15-22)23(28)25-21-11-9-19(10-12-21)17(2)27/h4-15H,3,16H2,1-2H3,(H,25,28). The number of benzene rings is 2. The van der Waals surface area contributed by atoms with Crippen LogP contribution in [0.3, 0.4) is 0 Å². The van der Waals surface area contributed by atoms with Crippen molar-refractivity contribution in [3.63, 3.8) is 0 Å². The van der Waals surface area contributed by atoms with Crippen LogP contribution in [0.15, 0.2) is 73.1 Å². The highest BCUT2D eigenvalue weighted by Crippen LogP contribution is 2.19. The fourth-order valence-electron chi connectivity index (χ4n) is 2.91. The number of carbonyl (C=O) groups is 2. The van der Waals surface area contributed by atoms with Gasteiger partial charge in [0.2, 0.25) is 0 Å².